The molecule has 8 aliphatic rings. The van der Waals surface area contributed by atoms with Gasteiger partial charge in [0.1, 0.15) is 6.10 Å². The molecule has 2 heterocycles. The molecule has 0 aromatic heterocycles. The van der Waals surface area contributed by atoms with Gasteiger partial charge in [0.25, 0.3) is 0 Å². The number of nitrogens with zero attached hydrogens (tertiary/aromatic N) is 2. The van der Waals surface area contributed by atoms with Gasteiger partial charge in [0.2, 0.25) is 0 Å². The second-order valence-electron chi connectivity index (χ2n) is 21.2. The minimum Gasteiger partial charge on any atom is -0.393 e. The van der Waals surface area contributed by atoms with E-state index in [9.17, 15) is 10.2 Å². The van der Waals surface area contributed by atoms with Crippen LogP contribution in [0.25, 0.3) is 0 Å². The first kappa shape index (κ1) is 38.5. The molecule has 2 spiro atoms. The standard InChI is InChI=1S/C44H76N2O6/c1-10-50-38(40(5,6)48)32(49-9)22-28(2)31-23-35(47)42(8)34-15-14-33-39(3,4)36(16-17-43(33)27-44(34,43)19-18-41(31,42)7)52-37-26-45(20-21-51-37)30-24-46(25-30)29-12-11-13-29/h28-38,47-48H,10-27H2,1-9H3/t28-,31-,32?,33+,34?,35+,36+,37?,38+,41-,42?,43-,44?/m1/s1. The summed E-state index contributed by atoms with van der Waals surface area (Å²) in [5.74, 6) is 2.00. The molecule has 8 nitrogen and oxygen atoms in total. The maximum absolute atomic E-state index is 12.3. The third-order valence-electron chi connectivity index (χ3n) is 18.5. The maximum Gasteiger partial charge on any atom is 0.170 e. The van der Waals surface area contributed by atoms with Gasteiger partial charge < -0.3 is 29.2 Å². The van der Waals surface area contributed by atoms with Crippen molar-refractivity contribution in [1.29, 1.82) is 0 Å². The molecule has 6 saturated carbocycles. The van der Waals surface area contributed by atoms with Crippen LogP contribution in [0, 0.1) is 50.7 Å². The van der Waals surface area contributed by atoms with Gasteiger partial charge in [-0.05, 0) is 137 Å². The Bertz CT molecular complexity index is 1300. The number of aliphatic hydroxyl groups excluding tert-OH is 1. The Morgan fingerprint density at radius 2 is 1.62 bits per heavy atom. The van der Waals surface area contributed by atoms with Gasteiger partial charge in [-0.25, -0.2) is 0 Å². The molecule has 2 saturated heterocycles. The first-order valence-electron chi connectivity index (χ1n) is 21.9. The van der Waals surface area contributed by atoms with Crippen LogP contribution in [-0.4, -0.2) is 115 Å². The van der Waals surface area contributed by atoms with Crippen molar-refractivity contribution in [3.8, 4) is 0 Å². The minimum absolute atomic E-state index is 0.0713. The lowest BCUT2D eigenvalue weighted by molar-refractivity contribution is -0.254. The molecule has 0 radical (unpaired) electrons. The highest BCUT2D eigenvalue weighted by molar-refractivity contribution is 5.31. The molecule has 5 unspecified atom stereocenters. The van der Waals surface area contributed by atoms with Crippen LogP contribution in [0.1, 0.15) is 132 Å². The lowest BCUT2D eigenvalue weighted by Crippen LogP contribution is -2.66. The van der Waals surface area contributed by atoms with Gasteiger partial charge in [-0.15, -0.1) is 0 Å². The third-order valence-corrected chi connectivity index (χ3v) is 18.5. The zero-order chi connectivity index (χ0) is 37.1. The van der Waals surface area contributed by atoms with Gasteiger partial charge in [0.15, 0.2) is 6.29 Å². The van der Waals surface area contributed by atoms with Crippen LogP contribution in [0.5, 0.6) is 0 Å². The van der Waals surface area contributed by atoms with Crippen molar-refractivity contribution >= 4 is 0 Å². The van der Waals surface area contributed by atoms with Crippen molar-refractivity contribution in [3.05, 3.63) is 0 Å². The number of likely N-dealkylation sites (tertiary alicyclic amines) is 1. The highest BCUT2D eigenvalue weighted by atomic mass is 16.7. The van der Waals surface area contributed by atoms with Crippen molar-refractivity contribution in [1.82, 2.24) is 9.80 Å². The topological polar surface area (TPSA) is 83.9 Å². The van der Waals surface area contributed by atoms with E-state index in [1.165, 1.54) is 70.9 Å². The molecule has 8 rings (SSSR count). The Morgan fingerprint density at radius 1 is 0.904 bits per heavy atom. The highest BCUT2D eigenvalue weighted by Crippen LogP contribution is 2.89. The van der Waals surface area contributed by atoms with E-state index in [0.29, 0.717) is 47.2 Å². The molecule has 2 aliphatic heterocycles. The Hall–Kier alpha value is -0.320. The summed E-state index contributed by atoms with van der Waals surface area (Å²) in [5.41, 5.74) is -0.159. The summed E-state index contributed by atoms with van der Waals surface area (Å²) in [5, 5.41) is 23.3. The molecular weight excluding hydrogens is 652 g/mol. The summed E-state index contributed by atoms with van der Waals surface area (Å²) >= 11 is 0. The number of rotatable bonds is 12. The predicted molar refractivity (Wildman–Crippen MR) is 204 cm³/mol. The molecule has 13 atom stereocenters. The lowest BCUT2D eigenvalue weighted by atomic mass is 9.41. The normalized spacial score (nSPS) is 46.9. The summed E-state index contributed by atoms with van der Waals surface area (Å²) < 4.78 is 25.5. The van der Waals surface area contributed by atoms with E-state index in [4.69, 9.17) is 18.9 Å². The van der Waals surface area contributed by atoms with Crippen LogP contribution < -0.4 is 0 Å². The van der Waals surface area contributed by atoms with E-state index >= 15 is 0 Å². The van der Waals surface area contributed by atoms with Crippen LogP contribution >= 0.6 is 0 Å². The Labute approximate surface area is 316 Å². The summed E-state index contributed by atoms with van der Waals surface area (Å²) in [7, 11) is 1.76. The van der Waals surface area contributed by atoms with Gasteiger partial charge in [0.05, 0.1) is 30.5 Å². The number of ether oxygens (including phenoxy) is 4. The van der Waals surface area contributed by atoms with Crippen LogP contribution in [0.15, 0.2) is 0 Å². The second kappa shape index (κ2) is 13.4. The fourth-order valence-electron chi connectivity index (χ4n) is 15.3. The molecule has 0 bridgehead atoms. The van der Waals surface area contributed by atoms with Crippen molar-refractivity contribution < 1.29 is 29.2 Å². The van der Waals surface area contributed by atoms with Gasteiger partial charge in [0, 0.05) is 57.4 Å². The van der Waals surface area contributed by atoms with Crippen molar-refractivity contribution in [3.63, 3.8) is 0 Å². The Morgan fingerprint density at radius 3 is 2.27 bits per heavy atom. The number of morpholine rings is 1. The van der Waals surface area contributed by atoms with Gasteiger partial charge in [-0.2, -0.15) is 0 Å². The van der Waals surface area contributed by atoms with Crippen LogP contribution in [0.2, 0.25) is 0 Å². The smallest absolute Gasteiger partial charge is 0.170 e. The number of methoxy groups -OCH3 is 1. The van der Waals surface area contributed by atoms with E-state index in [1.54, 1.807) is 7.11 Å². The second-order valence-corrected chi connectivity index (χ2v) is 21.2. The van der Waals surface area contributed by atoms with E-state index in [0.717, 1.165) is 45.0 Å². The largest absolute Gasteiger partial charge is 0.393 e. The molecule has 52 heavy (non-hydrogen) atoms. The van der Waals surface area contributed by atoms with Crippen LogP contribution in [-0.2, 0) is 18.9 Å². The monoisotopic (exact) mass is 729 g/mol. The number of aliphatic hydroxyl groups is 2. The number of hydrogen-bond acceptors (Lipinski definition) is 8. The fourth-order valence-corrected chi connectivity index (χ4v) is 15.3. The van der Waals surface area contributed by atoms with Gasteiger partial charge in [-0.3, -0.25) is 9.80 Å². The van der Waals surface area contributed by atoms with Crippen LogP contribution in [0.4, 0.5) is 0 Å². The van der Waals surface area contributed by atoms with Crippen LogP contribution in [0.3, 0.4) is 0 Å². The molecule has 6 aliphatic carbocycles. The van der Waals surface area contributed by atoms with E-state index < -0.39 is 5.60 Å². The van der Waals surface area contributed by atoms with Gasteiger partial charge >= 0.3 is 0 Å². The Kier molecular flexibility index (Phi) is 9.92. The van der Waals surface area contributed by atoms with Crippen molar-refractivity contribution in [2.45, 2.75) is 181 Å². The highest BCUT2D eigenvalue weighted by Gasteiger charge is 2.83. The summed E-state index contributed by atoms with van der Waals surface area (Å²) in [6, 6.07) is 1.53. The lowest BCUT2D eigenvalue weighted by Gasteiger charge is -2.64. The molecule has 298 valence electrons. The molecule has 8 fully saturated rings. The fraction of sp³-hybridized carbons (Fsp3) is 1.00. The molecule has 2 N–H and O–H groups in total. The maximum atomic E-state index is 12.3. The molecule has 0 amide bonds. The molecule has 0 aromatic rings. The number of fused-ring (bicyclic) bond motifs is 2. The quantitative estimate of drug-likeness (QED) is 0.225. The molecule has 8 heteroatoms. The third kappa shape index (κ3) is 5.62. The molecule has 0 aromatic carbocycles. The van der Waals surface area contributed by atoms with Crippen molar-refractivity contribution in [2.75, 3.05) is 46.5 Å². The SMILES string of the molecule is CCO[C@@H](C(C[C@@H](C)[C@H]1C[C@H](O)C2(C)C3CC[C@H]4C(C)(C)[C@@H](OC5CN(C6CN(C7CCC7)C6)CCO5)CC[C@@]45CC35CC[C@]12C)OC)C(C)(C)O. The minimum atomic E-state index is -0.991. The first-order chi connectivity index (χ1) is 24.6. The summed E-state index contributed by atoms with van der Waals surface area (Å²) in [6.45, 7) is 23.9. The van der Waals surface area contributed by atoms with E-state index in [1.807, 2.05) is 20.8 Å². The Balaban J connectivity index is 0.942. The first-order valence-corrected chi connectivity index (χ1v) is 21.9. The zero-order valence-electron chi connectivity index (χ0n) is 34.5. The van der Waals surface area contributed by atoms with Gasteiger partial charge in [-0.1, -0.05) is 41.0 Å². The van der Waals surface area contributed by atoms with E-state index in [-0.39, 0.29) is 47.0 Å². The zero-order valence-corrected chi connectivity index (χ0v) is 34.5. The average molecular weight is 729 g/mol. The number of hydrogen-bond donors (Lipinski definition) is 2. The van der Waals surface area contributed by atoms with Crippen molar-refractivity contribution in [2.24, 2.45) is 50.7 Å². The summed E-state index contributed by atoms with van der Waals surface area (Å²) in [4.78, 5) is 5.38. The molecular formula is C44H76N2O6. The summed E-state index contributed by atoms with van der Waals surface area (Å²) in [6.07, 6.45) is 13.9. The predicted octanol–water partition coefficient (Wildman–Crippen LogP) is 6.89. The van der Waals surface area contributed by atoms with E-state index in [2.05, 4.69) is 44.4 Å². The average Bonchev–Trinajstić information content (AvgIpc) is 3.67.